The van der Waals surface area contributed by atoms with E-state index in [0.29, 0.717) is 6.54 Å². The predicted octanol–water partition coefficient (Wildman–Crippen LogP) is 1.29. The summed E-state index contributed by atoms with van der Waals surface area (Å²) in [6.45, 7) is 5.90. The second-order valence-electron chi connectivity index (χ2n) is 8.69. The molecule has 2 aromatic rings. The maximum atomic E-state index is 12.8. The first-order valence-corrected chi connectivity index (χ1v) is 11.1. The van der Waals surface area contributed by atoms with Crippen LogP contribution in [0.2, 0.25) is 0 Å². The lowest BCUT2D eigenvalue weighted by Gasteiger charge is -2.43. The lowest BCUT2D eigenvalue weighted by Crippen LogP contribution is -2.55. The van der Waals surface area contributed by atoms with E-state index in [0.717, 1.165) is 57.4 Å². The normalized spacial score (nSPS) is 20.6. The molecule has 2 fully saturated rings. The van der Waals surface area contributed by atoms with E-state index in [1.165, 1.54) is 41.1 Å². The Morgan fingerprint density at radius 2 is 1.87 bits per heavy atom. The molecule has 1 saturated carbocycles. The van der Waals surface area contributed by atoms with Crippen LogP contribution in [-0.4, -0.2) is 75.7 Å². The SMILES string of the molecule is O=C(CN1CCc2cc(-n3ncccc3=O)ccc2C1)N1CCN(C2CCC2)CC1. The van der Waals surface area contributed by atoms with Crippen LogP contribution in [-0.2, 0) is 17.8 Å². The highest BCUT2D eigenvalue weighted by molar-refractivity contribution is 5.78. The van der Waals surface area contributed by atoms with E-state index in [9.17, 15) is 9.59 Å². The second-order valence-corrected chi connectivity index (χ2v) is 8.69. The van der Waals surface area contributed by atoms with Crippen LogP contribution in [0.4, 0.5) is 0 Å². The number of nitrogens with zero attached hydrogens (tertiary/aromatic N) is 5. The second kappa shape index (κ2) is 8.32. The fourth-order valence-electron chi connectivity index (χ4n) is 4.80. The number of carbonyl (C=O) groups is 1. The van der Waals surface area contributed by atoms with Gasteiger partial charge in [-0.15, -0.1) is 0 Å². The number of rotatable bonds is 4. The molecule has 0 N–H and O–H groups in total. The largest absolute Gasteiger partial charge is 0.339 e. The third-order valence-corrected chi connectivity index (χ3v) is 6.86. The zero-order chi connectivity index (χ0) is 20.5. The van der Waals surface area contributed by atoms with Gasteiger partial charge in [0.25, 0.3) is 5.56 Å². The van der Waals surface area contributed by atoms with E-state index in [1.54, 1.807) is 12.3 Å². The maximum absolute atomic E-state index is 12.8. The van der Waals surface area contributed by atoms with Crippen molar-refractivity contribution < 1.29 is 4.79 Å². The highest BCUT2D eigenvalue weighted by Crippen LogP contribution is 2.26. The topological polar surface area (TPSA) is 61.7 Å². The Morgan fingerprint density at radius 3 is 2.60 bits per heavy atom. The molecule has 7 heteroatoms. The van der Waals surface area contributed by atoms with Gasteiger partial charge in [-0.3, -0.25) is 19.4 Å². The maximum Gasteiger partial charge on any atom is 0.271 e. The van der Waals surface area contributed by atoms with Gasteiger partial charge in [-0.1, -0.05) is 12.5 Å². The summed E-state index contributed by atoms with van der Waals surface area (Å²) in [4.78, 5) is 31.7. The van der Waals surface area contributed by atoms with Gasteiger partial charge >= 0.3 is 0 Å². The summed E-state index contributed by atoms with van der Waals surface area (Å²) < 4.78 is 1.43. The quantitative estimate of drug-likeness (QED) is 0.764. The Hall–Kier alpha value is -2.51. The molecule has 0 spiro atoms. The molecule has 7 nitrogen and oxygen atoms in total. The lowest BCUT2D eigenvalue weighted by atomic mass is 9.91. The van der Waals surface area contributed by atoms with Crippen LogP contribution >= 0.6 is 0 Å². The van der Waals surface area contributed by atoms with Crippen molar-refractivity contribution in [1.82, 2.24) is 24.5 Å². The molecule has 5 rings (SSSR count). The molecule has 1 amide bonds. The Morgan fingerprint density at radius 1 is 1.03 bits per heavy atom. The zero-order valence-electron chi connectivity index (χ0n) is 17.4. The average molecular weight is 408 g/mol. The zero-order valence-corrected chi connectivity index (χ0v) is 17.4. The van der Waals surface area contributed by atoms with Crippen molar-refractivity contribution in [3.8, 4) is 5.69 Å². The summed E-state index contributed by atoms with van der Waals surface area (Å²) in [5, 5.41) is 4.17. The van der Waals surface area contributed by atoms with E-state index in [1.807, 2.05) is 11.0 Å². The van der Waals surface area contributed by atoms with E-state index in [-0.39, 0.29) is 11.5 Å². The van der Waals surface area contributed by atoms with Crippen LogP contribution in [0.25, 0.3) is 5.69 Å². The molecular formula is C23H29N5O2. The number of hydrogen-bond donors (Lipinski definition) is 0. The van der Waals surface area contributed by atoms with Gasteiger partial charge < -0.3 is 4.90 Å². The average Bonchev–Trinajstić information content (AvgIpc) is 2.73. The van der Waals surface area contributed by atoms with E-state index >= 15 is 0 Å². The summed E-state index contributed by atoms with van der Waals surface area (Å²) >= 11 is 0. The van der Waals surface area contributed by atoms with E-state index in [2.05, 4.69) is 27.0 Å². The monoisotopic (exact) mass is 407 g/mol. The summed E-state index contributed by atoms with van der Waals surface area (Å²) in [5.41, 5.74) is 3.14. The van der Waals surface area contributed by atoms with E-state index in [4.69, 9.17) is 0 Å². The van der Waals surface area contributed by atoms with Crippen molar-refractivity contribution in [1.29, 1.82) is 0 Å². The van der Waals surface area contributed by atoms with Gasteiger partial charge in [0, 0.05) is 57.6 Å². The minimum Gasteiger partial charge on any atom is -0.339 e. The fourth-order valence-corrected chi connectivity index (χ4v) is 4.80. The van der Waals surface area contributed by atoms with E-state index < -0.39 is 0 Å². The van der Waals surface area contributed by atoms with Crippen molar-refractivity contribution in [2.75, 3.05) is 39.3 Å². The number of amides is 1. The molecule has 0 unspecified atom stereocenters. The standard InChI is InChI=1S/C23H29N5O2/c29-22-5-2-9-24-28(22)21-7-6-19-16-25(10-8-18(19)15-21)17-23(30)27-13-11-26(12-14-27)20-3-1-4-20/h2,5-7,9,15,20H,1,3-4,8,10-14,16-17H2. The van der Waals surface area contributed by atoms with Crippen LogP contribution in [0.5, 0.6) is 0 Å². The molecule has 1 aromatic heterocycles. The fraction of sp³-hybridized carbons (Fsp3) is 0.522. The van der Waals surface area contributed by atoms with Crippen LogP contribution in [0.15, 0.2) is 41.3 Å². The Balaban J connectivity index is 1.18. The molecule has 0 atom stereocenters. The molecular weight excluding hydrogens is 378 g/mol. The lowest BCUT2D eigenvalue weighted by molar-refractivity contribution is -0.135. The number of hydrogen-bond acceptors (Lipinski definition) is 5. The predicted molar refractivity (Wildman–Crippen MR) is 115 cm³/mol. The molecule has 1 aliphatic carbocycles. The van der Waals surface area contributed by atoms with Gasteiger partial charge in [0.15, 0.2) is 0 Å². The van der Waals surface area contributed by atoms with Crippen LogP contribution < -0.4 is 5.56 Å². The number of piperazine rings is 1. The summed E-state index contributed by atoms with van der Waals surface area (Å²) in [6.07, 6.45) is 6.53. The molecule has 0 bridgehead atoms. The third-order valence-electron chi connectivity index (χ3n) is 6.86. The number of aromatic nitrogens is 2. The molecule has 1 saturated heterocycles. The van der Waals surface area contributed by atoms with Crippen molar-refractivity contribution >= 4 is 5.91 Å². The van der Waals surface area contributed by atoms with Crippen molar-refractivity contribution in [3.63, 3.8) is 0 Å². The molecule has 0 radical (unpaired) electrons. The number of fused-ring (bicyclic) bond motifs is 1. The molecule has 158 valence electrons. The van der Waals surface area contributed by atoms with Crippen LogP contribution in [0, 0.1) is 0 Å². The first kappa shape index (κ1) is 19.5. The summed E-state index contributed by atoms with van der Waals surface area (Å²) in [7, 11) is 0. The Kier molecular flexibility index (Phi) is 5.39. The van der Waals surface area contributed by atoms with Gasteiger partial charge in [-0.05, 0) is 48.6 Å². The van der Waals surface area contributed by atoms with Gasteiger partial charge in [0.1, 0.15) is 0 Å². The van der Waals surface area contributed by atoms with Crippen LogP contribution in [0.1, 0.15) is 30.4 Å². The summed E-state index contributed by atoms with van der Waals surface area (Å²) in [5.74, 6) is 0.253. The minimum atomic E-state index is -0.127. The number of benzene rings is 1. The van der Waals surface area contributed by atoms with Crippen molar-refractivity contribution in [3.05, 3.63) is 58.0 Å². The molecule has 30 heavy (non-hydrogen) atoms. The van der Waals surface area contributed by atoms with Gasteiger partial charge in [-0.25, -0.2) is 0 Å². The van der Waals surface area contributed by atoms with Gasteiger partial charge in [0.2, 0.25) is 5.91 Å². The first-order valence-electron chi connectivity index (χ1n) is 11.1. The highest BCUT2D eigenvalue weighted by atomic mass is 16.2. The molecule has 3 aliphatic rings. The highest BCUT2D eigenvalue weighted by Gasteiger charge is 2.30. The first-order chi connectivity index (χ1) is 14.7. The third kappa shape index (κ3) is 3.91. The Bertz CT molecular complexity index is 976. The number of carbonyl (C=O) groups excluding carboxylic acids is 1. The van der Waals surface area contributed by atoms with Crippen LogP contribution in [0.3, 0.4) is 0 Å². The Labute approximate surface area is 176 Å². The smallest absolute Gasteiger partial charge is 0.271 e. The summed E-state index contributed by atoms with van der Waals surface area (Å²) in [6, 6.07) is 10.0. The van der Waals surface area contributed by atoms with Crippen molar-refractivity contribution in [2.24, 2.45) is 0 Å². The minimum absolute atomic E-state index is 0.127. The van der Waals surface area contributed by atoms with Gasteiger partial charge in [-0.2, -0.15) is 9.78 Å². The van der Waals surface area contributed by atoms with Crippen molar-refractivity contribution in [2.45, 2.75) is 38.3 Å². The molecule has 1 aromatic carbocycles. The van der Waals surface area contributed by atoms with Gasteiger partial charge in [0.05, 0.1) is 12.2 Å². The molecule has 3 heterocycles. The molecule has 2 aliphatic heterocycles.